The Kier molecular flexibility index (Phi) is 5.45. The molecule has 5 aromatic rings. The van der Waals surface area contributed by atoms with Gasteiger partial charge in [0.25, 0.3) is 0 Å². The molecule has 5 rings (SSSR count). The number of hydrogen-bond donors (Lipinski definition) is 2. The fourth-order valence-corrected chi connectivity index (χ4v) is 3.76. The lowest BCUT2D eigenvalue weighted by Gasteiger charge is -2.07. The number of H-pyrrole nitrogens is 1. The van der Waals surface area contributed by atoms with Gasteiger partial charge in [0.1, 0.15) is 5.69 Å². The van der Waals surface area contributed by atoms with Crippen molar-refractivity contribution in [3.8, 4) is 33.6 Å². The van der Waals surface area contributed by atoms with Gasteiger partial charge in [-0.2, -0.15) is 10.2 Å². The highest BCUT2D eigenvalue weighted by atomic mass is 16.5. The lowest BCUT2D eigenvalue weighted by atomic mass is 10.0. The minimum absolute atomic E-state index is 0.545. The van der Waals surface area contributed by atoms with E-state index in [-0.39, 0.29) is 0 Å². The second kappa shape index (κ2) is 8.70. The quantitative estimate of drug-likeness (QED) is 0.412. The van der Waals surface area contributed by atoms with Crippen molar-refractivity contribution in [1.29, 1.82) is 0 Å². The standard InChI is InChI=1S/C24H23N7O/c1-32-15-16-3-2-4-17(9-16)24-20(13-27-30-24)21-5-6-22-23(29-21)10-18(11-26-22)19-12-28-31(14-19)8-7-25/h2-6,9-14H,7-8,15,25H2,1H3,(H,27,30). The van der Waals surface area contributed by atoms with Crippen LogP contribution in [0.2, 0.25) is 0 Å². The summed E-state index contributed by atoms with van der Waals surface area (Å²) in [6, 6.07) is 14.2. The van der Waals surface area contributed by atoms with Crippen molar-refractivity contribution in [2.24, 2.45) is 5.73 Å². The van der Waals surface area contributed by atoms with Crippen LogP contribution in [-0.4, -0.2) is 43.6 Å². The molecular weight excluding hydrogens is 402 g/mol. The van der Waals surface area contributed by atoms with E-state index in [0.717, 1.165) is 50.2 Å². The molecule has 3 N–H and O–H groups in total. The molecule has 32 heavy (non-hydrogen) atoms. The number of hydrogen-bond acceptors (Lipinski definition) is 6. The van der Waals surface area contributed by atoms with Crippen LogP contribution in [0.25, 0.3) is 44.7 Å². The van der Waals surface area contributed by atoms with Crippen LogP contribution in [0.1, 0.15) is 5.56 Å². The Morgan fingerprint density at radius 3 is 2.84 bits per heavy atom. The molecule has 0 unspecified atom stereocenters. The number of aromatic nitrogens is 6. The summed E-state index contributed by atoms with van der Waals surface area (Å²) in [7, 11) is 1.69. The van der Waals surface area contributed by atoms with Crippen molar-refractivity contribution in [2.45, 2.75) is 13.2 Å². The summed E-state index contributed by atoms with van der Waals surface area (Å²) in [6.45, 7) is 1.78. The van der Waals surface area contributed by atoms with E-state index in [0.29, 0.717) is 19.7 Å². The molecule has 0 atom stereocenters. The third-order valence-corrected chi connectivity index (χ3v) is 5.29. The van der Waals surface area contributed by atoms with Crippen LogP contribution in [0.3, 0.4) is 0 Å². The number of fused-ring (bicyclic) bond motifs is 1. The molecule has 4 aromatic heterocycles. The largest absolute Gasteiger partial charge is 0.380 e. The Labute approximate surface area is 185 Å². The normalized spacial score (nSPS) is 11.3. The summed E-state index contributed by atoms with van der Waals surface area (Å²) in [4.78, 5) is 9.48. The highest BCUT2D eigenvalue weighted by molar-refractivity contribution is 5.85. The van der Waals surface area contributed by atoms with Crippen molar-refractivity contribution in [1.82, 2.24) is 29.9 Å². The molecule has 160 valence electrons. The van der Waals surface area contributed by atoms with Gasteiger partial charge in [0.2, 0.25) is 0 Å². The van der Waals surface area contributed by atoms with Crippen LogP contribution >= 0.6 is 0 Å². The van der Waals surface area contributed by atoms with Gasteiger partial charge in [0, 0.05) is 54.5 Å². The van der Waals surface area contributed by atoms with Gasteiger partial charge in [-0.1, -0.05) is 18.2 Å². The Morgan fingerprint density at radius 2 is 1.97 bits per heavy atom. The number of nitrogens with two attached hydrogens (primary N) is 1. The molecule has 8 nitrogen and oxygen atoms in total. The molecule has 0 spiro atoms. The lowest BCUT2D eigenvalue weighted by Crippen LogP contribution is -2.09. The molecule has 0 aliphatic rings. The third kappa shape index (κ3) is 3.89. The maximum absolute atomic E-state index is 5.63. The molecule has 0 aliphatic heterocycles. The molecular formula is C24H23N7O. The molecule has 0 fully saturated rings. The summed E-state index contributed by atoms with van der Waals surface area (Å²) in [5.41, 5.74) is 13.9. The molecule has 0 aliphatic carbocycles. The van der Waals surface area contributed by atoms with Gasteiger partial charge in [0.15, 0.2) is 0 Å². The predicted molar refractivity (Wildman–Crippen MR) is 124 cm³/mol. The van der Waals surface area contributed by atoms with Crippen molar-refractivity contribution in [3.63, 3.8) is 0 Å². The van der Waals surface area contributed by atoms with Crippen LogP contribution in [0.5, 0.6) is 0 Å². The molecule has 0 saturated carbocycles. The lowest BCUT2D eigenvalue weighted by molar-refractivity contribution is 0.185. The molecule has 0 radical (unpaired) electrons. The van der Waals surface area contributed by atoms with Crippen LogP contribution in [0.4, 0.5) is 0 Å². The van der Waals surface area contributed by atoms with Crippen molar-refractivity contribution in [2.75, 3.05) is 13.7 Å². The van der Waals surface area contributed by atoms with Gasteiger partial charge >= 0.3 is 0 Å². The zero-order valence-electron chi connectivity index (χ0n) is 17.7. The fraction of sp³-hybridized carbons (Fsp3) is 0.167. The van der Waals surface area contributed by atoms with Crippen molar-refractivity contribution >= 4 is 11.0 Å². The molecule has 0 bridgehead atoms. The fourth-order valence-electron chi connectivity index (χ4n) is 3.76. The van der Waals surface area contributed by atoms with Crippen LogP contribution in [-0.2, 0) is 17.9 Å². The molecule has 0 amide bonds. The van der Waals surface area contributed by atoms with Crippen molar-refractivity contribution < 1.29 is 4.74 Å². The highest BCUT2D eigenvalue weighted by Gasteiger charge is 2.14. The monoisotopic (exact) mass is 425 g/mol. The number of benzene rings is 1. The Bertz CT molecular complexity index is 1370. The van der Waals surface area contributed by atoms with E-state index in [1.807, 2.05) is 65.9 Å². The smallest absolute Gasteiger partial charge is 0.101 e. The van der Waals surface area contributed by atoms with Gasteiger partial charge in [0.05, 0.1) is 36.1 Å². The summed E-state index contributed by atoms with van der Waals surface area (Å²) in [5.74, 6) is 0. The first-order valence-corrected chi connectivity index (χ1v) is 10.4. The van der Waals surface area contributed by atoms with E-state index in [1.54, 1.807) is 7.11 Å². The van der Waals surface area contributed by atoms with E-state index in [4.69, 9.17) is 15.5 Å². The van der Waals surface area contributed by atoms with Crippen LogP contribution in [0, 0.1) is 0 Å². The Balaban J connectivity index is 1.53. The molecule has 8 heteroatoms. The summed E-state index contributed by atoms with van der Waals surface area (Å²) < 4.78 is 7.10. The molecule has 4 heterocycles. The molecule has 0 saturated heterocycles. The maximum Gasteiger partial charge on any atom is 0.101 e. The topological polar surface area (TPSA) is 108 Å². The number of rotatable bonds is 7. The van der Waals surface area contributed by atoms with Crippen molar-refractivity contribution in [3.05, 3.63) is 72.8 Å². The number of nitrogens with zero attached hydrogens (tertiary/aromatic N) is 5. The first kappa shape index (κ1) is 20.0. The highest BCUT2D eigenvalue weighted by Crippen LogP contribution is 2.31. The predicted octanol–water partition coefficient (Wildman–Crippen LogP) is 3.66. The van der Waals surface area contributed by atoms with E-state index in [9.17, 15) is 0 Å². The van der Waals surface area contributed by atoms with Gasteiger partial charge in [-0.15, -0.1) is 0 Å². The van der Waals surface area contributed by atoms with Crippen LogP contribution in [0.15, 0.2) is 67.3 Å². The SMILES string of the molecule is COCc1cccc(-c2n[nH]cc2-c2ccc3ncc(-c4cnn(CCN)c4)cc3n2)c1. The first-order valence-electron chi connectivity index (χ1n) is 10.4. The maximum atomic E-state index is 5.63. The van der Waals surface area contributed by atoms with E-state index in [2.05, 4.69) is 26.3 Å². The van der Waals surface area contributed by atoms with E-state index >= 15 is 0 Å². The minimum Gasteiger partial charge on any atom is -0.380 e. The van der Waals surface area contributed by atoms with E-state index in [1.165, 1.54) is 0 Å². The zero-order valence-corrected chi connectivity index (χ0v) is 17.7. The number of aromatic amines is 1. The van der Waals surface area contributed by atoms with Gasteiger partial charge in [-0.3, -0.25) is 14.8 Å². The van der Waals surface area contributed by atoms with Gasteiger partial charge < -0.3 is 10.5 Å². The summed E-state index contributed by atoms with van der Waals surface area (Å²) in [6.07, 6.45) is 7.52. The second-order valence-corrected chi connectivity index (χ2v) is 7.52. The number of ether oxygens (including phenoxy) is 1. The van der Waals surface area contributed by atoms with E-state index < -0.39 is 0 Å². The average molecular weight is 425 g/mol. The van der Waals surface area contributed by atoms with Gasteiger partial charge in [-0.05, 0) is 29.8 Å². The number of nitrogens with one attached hydrogen (secondary N) is 1. The average Bonchev–Trinajstić information content (AvgIpc) is 3.49. The number of pyridine rings is 2. The second-order valence-electron chi connectivity index (χ2n) is 7.52. The van der Waals surface area contributed by atoms with Crippen LogP contribution < -0.4 is 5.73 Å². The minimum atomic E-state index is 0.545. The Morgan fingerprint density at radius 1 is 1.03 bits per heavy atom. The summed E-state index contributed by atoms with van der Waals surface area (Å²) in [5, 5.41) is 11.8. The third-order valence-electron chi connectivity index (χ3n) is 5.29. The summed E-state index contributed by atoms with van der Waals surface area (Å²) >= 11 is 0. The Hall–Kier alpha value is -3.88. The first-order chi connectivity index (χ1) is 15.7. The van der Waals surface area contributed by atoms with Gasteiger partial charge in [-0.25, -0.2) is 4.98 Å². The zero-order chi connectivity index (χ0) is 21.9. The number of methoxy groups -OCH3 is 1. The molecule has 1 aromatic carbocycles.